The summed E-state index contributed by atoms with van der Waals surface area (Å²) in [6.07, 6.45) is -0.715. The highest BCUT2D eigenvalue weighted by molar-refractivity contribution is 5.16. The minimum absolute atomic E-state index is 0.121. The van der Waals surface area contributed by atoms with Crippen LogP contribution in [-0.4, -0.2) is 15.7 Å². The Hall–Kier alpha value is -1.04. The molecule has 1 heterocycles. The van der Waals surface area contributed by atoms with Crippen molar-refractivity contribution in [3.05, 3.63) is 18.2 Å². The van der Waals surface area contributed by atoms with Crippen molar-refractivity contribution < 1.29 is 13.2 Å². The molecule has 0 unspecified atom stereocenters. The van der Waals surface area contributed by atoms with Crippen molar-refractivity contribution in [2.45, 2.75) is 43.9 Å². The molecule has 2 N–H and O–H groups in total. The third kappa shape index (κ3) is 1.52. The summed E-state index contributed by atoms with van der Waals surface area (Å²) >= 11 is 0. The zero-order chi connectivity index (χ0) is 12.0. The van der Waals surface area contributed by atoms with Crippen molar-refractivity contribution in [2.24, 2.45) is 5.73 Å². The first-order chi connectivity index (χ1) is 7.42. The van der Waals surface area contributed by atoms with Gasteiger partial charge in [-0.25, -0.2) is 4.98 Å². The number of alkyl halides is 3. The molecule has 1 aliphatic carbocycles. The van der Waals surface area contributed by atoms with Crippen LogP contribution in [0, 0.1) is 0 Å². The van der Waals surface area contributed by atoms with Gasteiger partial charge in [0, 0.05) is 12.2 Å². The second-order valence-electron chi connectivity index (χ2n) is 4.23. The Labute approximate surface area is 91.5 Å². The van der Waals surface area contributed by atoms with Crippen molar-refractivity contribution in [1.82, 2.24) is 9.55 Å². The van der Waals surface area contributed by atoms with Gasteiger partial charge in [-0.15, -0.1) is 0 Å². The third-order valence-corrected chi connectivity index (χ3v) is 3.20. The van der Waals surface area contributed by atoms with Crippen LogP contribution >= 0.6 is 0 Å². The Balaban J connectivity index is 2.39. The predicted molar refractivity (Wildman–Crippen MR) is 52.7 cm³/mol. The van der Waals surface area contributed by atoms with Crippen LogP contribution in [0.25, 0.3) is 0 Å². The zero-order valence-corrected chi connectivity index (χ0v) is 8.96. The SMILES string of the molecule is CC[C@@H](N)c1cncn1C1(C(F)(F)F)CC1. The molecular weight excluding hydrogens is 219 g/mol. The first-order valence-electron chi connectivity index (χ1n) is 5.27. The molecule has 1 aromatic heterocycles. The lowest BCUT2D eigenvalue weighted by atomic mass is 10.1. The number of aromatic nitrogens is 2. The van der Waals surface area contributed by atoms with Gasteiger partial charge >= 0.3 is 6.18 Å². The van der Waals surface area contributed by atoms with Gasteiger partial charge < -0.3 is 10.3 Å². The van der Waals surface area contributed by atoms with E-state index < -0.39 is 11.7 Å². The van der Waals surface area contributed by atoms with Crippen LogP contribution in [0.5, 0.6) is 0 Å². The van der Waals surface area contributed by atoms with Gasteiger partial charge in [0.15, 0.2) is 0 Å². The fraction of sp³-hybridized carbons (Fsp3) is 0.700. The van der Waals surface area contributed by atoms with Crippen molar-refractivity contribution in [1.29, 1.82) is 0 Å². The first kappa shape index (κ1) is 11.4. The molecule has 1 saturated carbocycles. The smallest absolute Gasteiger partial charge is 0.323 e. The summed E-state index contributed by atoms with van der Waals surface area (Å²) in [6.45, 7) is 1.84. The van der Waals surface area contributed by atoms with Crippen LogP contribution in [0.1, 0.15) is 37.9 Å². The molecule has 90 valence electrons. The van der Waals surface area contributed by atoms with Crippen molar-refractivity contribution in [3.8, 4) is 0 Å². The number of halogens is 3. The van der Waals surface area contributed by atoms with E-state index in [1.165, 1.54) is 17.1 Å². The zero-order valence-electron chi connectivity index (χ0n) is 8.96. The van der Waals surface area contributed by atoms with Crippen LogP contribution in [0.2, 0.25) is 0 Å². The minimum atomic E-state index is -4.23. The second-order valence-corrected chi connectivity index (χ2v) is 4.23. The average Bonchev–Trinajstić information content (AvgIpc) is 2.89. The molecular formula is C10H14F3N3. The Morgan fingerprint density at radius 1 is 1.56 bits per heavy atom. The Bertz CT molecular complexity index is 379. The molecule has 0 amide bonds. The van der Waals surface area contributed by atoms with Gasteiger partial charge in [-0.1, -0.05) is 6.92 Å². The van der Waals surface area contributed by atoms with Gasteiger partial charge in [-0.05, 0) is 19.3 Å². The molecule has 1 fully saturated rings. The van der Waals surface area contributed by atoms with E-state index in [1.807, 2.05) is 6.92 Å². The number of imidazole rings is 1. The molecule has 1 aromatic rings. The van der Waals surface area contributed by atoms with Crippen LogP contribution < -0.4 is 5.73 Å². The maximum absolute atomic E-state index is 12.9. The van der Waals surface area contributed by atoms with Crippen molar-refractivity contribution >= 4 is 0 Å². The molecule has 0 radical (unpaired) electrons. The standard InChI is InChI=1S/C10H14F3N3/c1-2-7(14)8-5-15-6-16(8)9(3-4-9)10(11,12)13/h5-7H,2-4,14H2,1H3/t7-/m1/s1. The fourth-order valence-corrected chi connectivity index (χ4v) is 1.93. The fourth-order valence-electron chi connectivity index (χ4n) is 1.93. The summed E-state index contributed by atoms with van der Waals surface area (Å²) in [5.74, 6) is 0. The van der Waals surface area contributed by atoms with E-state index in [2.05, 4.69) is 4.98 Å². The summed E-state index contributed by atoms with van der Waals surface area (Å²) in [5.41, 5.74) is 4.50. The molecule has 1 atom stereocenters. The molecule has 16 heavy (non-hydrogen) atoms. The van der Waals surface area contributed by atoms with Gasteiger partial charge in [-0.2, -0.15) is 13.2 Å². The van der Waals surface area contributed by atoms with E-state index in [-0.39, 0.29) is 18.9 Å². The molecule has 0 aliphatic heterocycles. The van der Waals surface area contributed by atoms with Crippen LogP contribution in [0.3, 0.4) is 0 Å². The number of nitrogens with zero attached hydrogens (tertiary/aromatic N) is 2. The Kier molecular flexibility index (Phi) is 2.49. The minimum Gasteiger partial charge on any atom is -0.323 e. The number of nitrogens with two attached hydrogens (primary N) is 1. The molecule has 1 aliphatic rings. The van der Waals surface area contributed by atoms with Gasteiger partial charge in [0.1, 0.15) is 5.54 Å². The average molecular weight is 233 g/mol. The van der Waals surface area contributed by atoms with E-state index in [4.69, 9.17) is 5.73 Å². The summed E-state index contributed by atoms with van der Waals surface area (Å²) in [4.78, 5) is 3.79. The van der Waals surface area contributed by atoms with Gasteiger partial charge in [0.25, 0.3) is 0 Å². The molecule has 6 heteroatoms. The Morgan fingerprint density at radius 2 is 2.19 bits per heavy atom. The van der Waals surface area contributed by atoms with E-state index in [9.17, 15) is 13.2 Å². The van der Waals surface area contributed by atoms with Gasteiger partial charge in [-0.3, -0.25) is 0 Å². The summed E-state index contributed by atoms with van der Waals surface area (Å²) in [6, 6.07) is -0.387. The lowest BCUT2D eigenvalue weighted by Gasteiger charge is -2.24. The highest BCUT2D eigenvalue weighted by atomic mass is 19.4. The largest absolute Gasteiger partial charge is 0.411 e. The summed E-state index contributed by atoms with van der Waals surface area (Å²) < 4.78 is 40.0. The highest BCUT2D eigenvalue weighted by Crippen LogP contribution is 2.56. The van der Waals surface area contributed by atoms with Crippen LogP contribution in [0.4, 0.5) is 13.2 Å². The van der Waals surface area contributed by atoms with E-state index in [0.717, 1.165) is 0 Å². The molecule has 0 aromatic carbocycles. The third-order valence-electron chi connectivity index (χ3n) is 3.20. The molecule has 0 saturated heterocycles. The Morgan fingerprint density at radius 3 is 2.62 bits per heavy atom. The quantitative estimate of drug-likeness (QED) is 0.870. The lowest BCUT2D eigenvalue weighted by molar-refractivity contribution is -0.180. The molecule has 2 rings (SSSR count). The summed E-state index contributed by atoms with van der Waals surface area (Å²) in [5, 5.41) is 0. The van der Waals surface area contributed by atoms with Crippen molar-refractivity contribution in [3.63, 3.8) is 0 Å². The maximum Gasteiger partial charge on any atom is 0.411 e. The maximum atomic E-state index is 12.9. The summed E-state index contributed by atoms with van der Waals surface area (Å²) in [7, 11) is 0. The number of hydrogen-bond acceptors (Lipinski definition) is 2. The van der Waals surface area contributed by atoms with E-state index in [0.29, 0.717) is 12.1 Å². The lowest BCUT2D eigenvalue weighted by Crippen LogP contribution is -2.36. The van der Waals surface area contributed by atoms with Crippen LogP contribution in [0.15, 0.2) is 12.5 Å². The normalized spacial score (nSPS) is 20.8. The predicted octanol–water partition coefficient (Wildman–Crippen LogP) is 2.34. The first-order valence-corrected chi connectivity index (χ1v) is 5.27. The monoisotopic (exact) mass is 233 g/mol. The van der Waals surface area contributed by atoms with Crippen molar-refractivity contribution in [2.75, 3.05) is 0 Å². The molecule has 0 bridgehead atoms. The number of hydrogen-bond donors (Lipinski definition) is 1. The highest BCUT2D eigenvalue weighted by Gasteiger charge is 2.65. The van der Waals surface area contributed by atoms with Crippen LogP contribution in [-0.2, 0) is 5.54 Å². The topological polar surface area (TPSA) is 43.8 Å². The van der Waals surface area contributed by atoms with E-state index >= 15 is 0 Å². The molecule has 0 spiro atoms. The second kappa shape index (κ2) is 3.48. The van der Waals surface area contributed by atoms with Gasteiger partial charge in [0.05, 0.1) is 12.0 Å². The number of rotatable bonds is 3. The van der Waals surface area contributed by atoms with Gasteiger partial charge in [0.2, 0.25) is 0 Å². The van der Waals surface area contributed by atoms with E-state index in [1.54, 1.807) is 0 Å². The molecule has 3 nitrogen and oxygen atoms in total.